The summed E-state index contributed by atoms with van der Waals surface area (Å²) in [6.07, 6.45) is -4.52. The van der Waals surface area contributed by atoms with Gasteiger partial charge in [0.15, 0.2) is 0 Å². The number of hydrogen-bond donors (Lipinski definition) is 0. The molecule has 0 fully saturated rings. The average molecular weight is 243 g/mol. The Labute approximate surface area is 55.3 Å². The van der Waals surface area contributed by atoms with Gasteiger partial charge in [0.05, 0.1) is 0 Å². The zero-order chi connectivity index (χ0) is 6.62. The van der Waals surface area contributed by atoms with E-state index in [4.69, 9.17) is 0 Å². The fraction of sp³-hybridized carbons (Fsp3) is 1.00. The number of halogens is 4. The second-order valence-electron chi connectivity index (χ2n) is 0.740. The van der Waals surface area contributed by atoms with E-state index in [-0.39, 0.29) is 0 Å². The maximum absolute atomic E-state index is 11.0. The quantitative estimate of drug-likeness (QED) is 0.527. The molecule has 0 aliphatic rings. The molecule has 0 N–H and O–H groups in total. The zero-order valence-corrected chi connectivity index (χ0v) is 5.99. The molecule has 0 aromatic rings. The van der Waals surface area contributed by atoms with Gasteiger partial charge in [0, 0.05) is 0 Å². The average Bonchev–Trinajstić information content (AvgIpc) is 1.59. The Kier molecular flexibility index (Phi) is 3.65. The van der Waals surface area contributed by atoms with E-state index in [0.717, 1.165) is 0 Å². The van der Waals surface area contributed by atoms with Crippen molar-refractivity contribution in [2.75, 3.05) is 7.11 Å². The summed E-state index contributed by atoms with van der Waals surface area (Å²) >= 11 is -1.59. The summed E-state index contributed by atoms with van der Waals surface area (Å²) in [5.74, 6) is 0. The van der Waals surface area contributed by atoms with Gasteiger partial charge in [0.25, 0.3) is 0 Å². The van der Waals surface area contributed by atoms with E-state index in [1.807, 2.05) is 0 Å². The molecule has 0 saturated carbocycles. The van der Waals surface area contributed by atoms with Crippen molar-refractivity contribution in [3.8, 4) is 0 Å². The molecule has 0 atom stereocenters. The van der Waals surface area contributed by atoms with Crippen molar-refractivity contribution in [3.05, 3.63) is 0 Å². The third-order valence-corrected chi connectivity index (χ3v) is 1.22. The first kappa shape index (κ1) is 8.44. The van der Waals surface area contributed by atoms with Gasteiger partial charge in [0.1, 0.15) is 0 Å². The normalized spacial score (nSPS) is 12.5. The van der Waals surface area contributed by atoms with E-state index >= 15 is 0 Å². The molecule has 52 valence electrons. The Morgan fingerprint density at radius 1 is 1.38 bits per heavy atom. The molecule has 6 heteroatoms. The van der Waals surface area contributed by atoms with Crippen LogP contribution in [0.1, 0.15) is 0 Å². The molecule has 0 bridgehead atoms. The van der Waals surface area contributed by atoms with Crippen LogP contribution in [0.15, 0.2) is 0 Å². The Bertz CT molecular complexity index is 62.8. The molecule has 2 nitrogen and oxygen atoms in total. The van der Waals surface area contributed by atoms with Gasteiger partial charge in [-0.3, -0.25) is 0 Å². The zero-order valence-electron chi connectivity index (χ0n) is 3.83. The Hall–Kier alpha value is 0.440. The first-order chi connectivity index (χ1) is 3.56. The molecule has 0 saturated heterocycles. The van der Waals surface area contributed by atoms with Crippen LogP contribution in [0.2, 0.25) is 0 Å². The van der Waals surface area contributed by atoms with Gasteiger partial charge in [-0.15, -0.1) is 0 Å². The minimum absolute atomic E-state index is 1.17. The molecule has 0 aromatic heterocycles. The third kappa shape index (κ3) is 6.44. The maximum atomic E-state index is 11.0. The summed E-state index contributed by atoms with van der Waals surface area (Å²) in [6, 6.07) is 0. The van der Waals surface area contributed by atoms with Crippen molar-refractivity contribution in [1.29, 1.82) is 0 Å². The monoisotopic (exact) mass is 243 g/mol. The van der Waals surface area contributed by atoms with E-state index < -0.39 is 28.4 Å². The fourth-order valence-electron chi connectivity index (χ4n) is 0.0672. The summed E-state index contributed by atoms with van der Waals surface area (Å²) < 4.78 is 40.3. The summed E-state index contributed by atoms with van der Waals surface area (Å²) in [5.41, 5.74) is 0. The van der Waals surface area contributed by atoms with Crippen molar-refractivity contribution < 1.29 is 41.3 Å². The molecule has 0 spiro atoms. The van der Waals surface area contributed by atoms with Gasteiger partial charge in [-0.1, -0.05) is 0 Å². The fourth-order valence-corrected chi connectivity index (χ4v) is 0.451. The molecule has 0 heterocycles. The SMILES string of the molecule is CO[I-]OC(F)(F)F. The van der Waals surface area contributed by atoms with Crippen LogP contribution in [0.3, 0.4) is 0 Å². The van der Waals surface area contributed by atoms with E-state index in [1.54, 1.807) is 0 Å². The van der Waals surface area contributed by atoms with Crippen LogP contribution in [-0.4, -0.2) is 13.5 Å². The van der Waals surface area contributed by atoms with Crippen molar-refractivity contribution in [1.82, 2.24) is 0 Å². The van der Waals surface area contributed by atoms with Crippen LogP contribution in [0.5, 0.6) is 0 Å². The van der Waals surface area contributed by atoms with Gasteiger partial charge in [-0.25, -0.2) is 0 Å². The molecular weight excluding hydrogens is 240 g/mol. The summed E-state index contributed by atoms with van der Waals surface area (Å²) in [5, 5.41) is 0. The second-order valence-corrected chi connectivity index (χ2v) is 2.42. The number of rotatable bonds is 2. The number of alkyl halides is 3. The van der Waals surface area contributed by atoms with Crippen LogP contribution in [0, 0.1) is 0 Å². The molecule has 0 aliphatic heterocycles. The summed E-state index contributed by atoms with van der Waals surface area (Å²) in [6.45, 7) is 0. The molecular formula is C2H3F3IO2-. The van der Waals surface area contributed by atoms with Crippen molar-refractivity contribution in [2.45, 2.75) is 6.36 Å². The summed E-state index contributed by atoms with van der Waals surface area (Å²) in [7, 11) is 1.17. The molecule has 0 aliphatic carbocycles. The molecule has 0 unspecified atom stereocenters. The minimum atomic E-state index is -4.52. The molecule has 0 amide bonds. The summed E-state index contributed by atoms with van der Waals surface area (Å²) in [4.78, 5) is 0. The predicted molar refractivity (Wildman–Crippen MR) is 14.1 cm³/mol. The molecule has 0 aromatic carbocycles. The van der Waals surface area contributed by atoms with Crippen LogP contribution in [-0.2, 0) is 6.13 Å². The molecule has 0 radical (unpaired) electrons. The standard InChI is InChI=1S/C2H3F3IO2/c1-7-6-8-2(3,4)5/h1H3/q-1. The second kappa shape index (κ2) is 3.46. The Morgan fingerprint density at radius 3 is 2.00 bits per heavy atom. The van der Waals surface area contributed by atoms with Gasteiger partial charge in [-0.2, -0.15) is 0 Å². The number of hydrogen-bond acceptors (Lipinski definition) is 2. The van der Waals surface area contributed by atoms with Gasteiger partial charge in [0.2, 0.25) is 0 Å². The Morgan fingerprint density at radius 2 is 1.88 bits per heavy atom. The van der Waals surface area contributed by atoms with E-state index in [0.29, 0.717) is 0 Å². The van der Waals surface area contributed by atoms with E-state index in [2.05, 4.69) is 6.13 Å². The Balaban J connectivity index is 3.11. The van der Waals surface area contributed by atoms with E-state index in [9.17, 15) is 13.2 Å². The van der Waals surface area contributed by atoms with Gasteiger partial charge < -0.3 is 0 Å². The topological polar surface area (TPSA) is 18.5 Å². The first-order valence-corrected chi connectivity index (χ1v) is 3.25. The molecule has 0 rings (SSSR count). The van der Waals surface area contributed by atoms with E-state index in [1.165, 1.54) is 7.11 Å². The van der Waals surface area contributed by atoms with Crippen LogP contribution >= 0.6 is 0 Å². The molecule has 8 heavy (non-hydrogen) atoms. The first-order valence-electron chi connectivity index (χ1n) is 1.49. The van der Waals surface area contributed by atoms with Crippen LogP contribution < -0.4 is 22.0 Å². The van der Waals surface area contributed by atoms with Crippen LogP contribution in [0.4, 0.5) is 13.2 Å². The van der Waals surface area contributed by atoms with Gasteiger partial charge >= 0.3 is 54.8 Å². The van der Waals surface area contributed by atoms with Crippen molar-refractivity contribution in [2.24, 2.45) is 0 Å². The van der Waals surface area contributed by atoms with Crippen LogP contribution in [0.25, 0.3) is 0 Å². The van der Waals surface area contributed by atoms with Crippen molar-refractivity contribution >= 4 is 0 Å². The van der Waals surface area contributed by atoms with Crippen molar-refractivity contribution in [3.63, 3.8) is 0 Å². The predicted octanol–water partition coefficient (Wildman–Crippen LogP) is -1.91. The van der Waals surface area contributed by atoms with Gasteiger partial charge in [-0.05, 0) is 0 Å². The third-order valence-electron chi connectivity index (χ3n) is 0.182.